The molecule has 0 amide bonds. The Labute approximate surface area is 123 Å². The normalized spacial score (nSPS) is 15.1. The second kappa shape index (κ2) is 5.81. The average molecular weight is 287 g/mol. The van der Waals surface area contributed by atoms with E-state index in [9.17, 15) is 4.79 Å². The first-order chi connectivity index (χ1) is 10.2. The second-order valence-electron chi connectivity index (χ2n) is 5.63. The summed E-state index contributed by atoms with van der Waals surface area (Å²) in [5.41, 5.74) is 2.85. The highest BCUT2D eigenvalue weighted by atomic mass is 16.1. The van der Waals surface area contributed by atoms with Crippen LogP contribution in [-0.4, -0.2) is 31.2 Å². The van der Waals surface area contributed by atoms with E-state index in [0.717, 1.165) is 55.1 Å². The van der Waals surface area contributed by atoms with Crippen LogP contribution in [0.15, 0.2) is 17.1 Å². The molecule has 1 aliphatic rings. The van der Waals surface area contributed by atoms with Gasteiger partial charge in [-0.25, -0.2) is 4.98 Å². The van der Waals surface area contributed by atoms with Crippen LogP contribution in [0.1, 0.15) is 36.1 Å². The van der Waals surface area contributed by atoms with Crippen molar-refractivity contribution in [2.24, 2.45) is 7.05 Å². The zero-order valence-corrected chi connectivity index (χ0v) is 12.6. The molecule has 3 rings (SSSR count). The molecule has 0 aromatic carbocycles. The van der Waals surface area contributed by atoms with E-state index in [4.69, 9.17) is 0 Å². The molecule has 6 heteroatoms. The van der Waals surface area contributed by atoms with Crippen molar-refractivity contribution in [3.63, 3.8) is 0 Å². The number of aromatic nitrogens is 4. The Bertz CT molecular complexity index is 688. The molecular formula is C15H21N5O. The third-order valence-corrected chi connectivity index (χ3v) is 3.84. The summed E-state index contributed by atoms with van der Waals surface area (Å²) in [6.45, 7) is 4.44. The van der Waals surface area contributed by atoms with Crippen molar-refractivity contribution in [2.45, 2.75) is 39.3 Å². The first-order valence-electron chi connectivity index (χ1n) is 7.47. The van der Waals surface area contributed by atoms with Gasteiger partial charge in [0.15, 0.2) is 0 Å². The minimum atomic E-state index is 0.0224. The van der Waals surface area contributed by atoms with E-state index in [1.807, 2.05) is 19.3 Å². The van der Waals surface area contributed by atoms with Crippen molar-refractivity contribution in [1.82, 2.24) is 24.6 Å². The minimum Gasteiger partial charge on any atom is -0.310 e. The summed E-state index contributed by atoms with van der Waals surface area (Å²) in [7, 11) is 1.92. The standard InChI is InChI=1S/C15H21N5O/c1-3-4-14-16-13-6-8-20(10-12(13)15(21)17-14)9-11-5-7-19(2)18-11/h5,7H,3-4,6,8-10H2,1-2H3,(H,16,17,21). The summed E-state index contributed by atoms with van der Waals surface area (Å²) >= 11 is 0. The fourth-order valence-corrected chi connectivity index (χ4v) is 2.80. The highest BCUT2D eigenvalue weighted by molar-refractivity contribution is 5.21. The lowest BCUT2D eigenvalue weighted by Gasteiger charge is -2.26. The molecule has 0 bridgehead atoms. The van der Waals surface area contributed by atoms with Crippen molar-refractivity contribution in [3.05, 3.63) is 45.4 Å². The molecule has 1 aliphatic heterocycles. The van der Waals surface area contributed by atoms with Gasteiger partial charge in [0.2, 0.25) is 0 Å². The summed E-state index contributed by atoms with van der Waals surface area (Å²) < 4.78 is 1.80. The SMILES string of the molecule is CCCc1nc2c(c(=O)[nH]1)CN(Cc1ccn(C)n1)CC2. The zero-order chi connectivity index (χ0) is 14.8. The third kappa shape index (κ3) is 3.05. The molecular weight excluding hydrogens is 266 g/mol. The summed E-state index contributed by atoms with van der Waals surface area (Å²) in [5, 5.41) is 4.40. The summed E-state index contributed by atoms with van der Waals surface area (Å²) in [6.07, 6.45) is 4.61. The van der Waals surface area contributed by atoms with Gasteiger partial charge in [0.05, 0.1) is 17.0 Å². The zero-order valence-electron chi connectivity index (χ0n) is 12.6. The molecule has 2 aromatic rings. The molecule has 0 unspecified atom stereocenters. The quantitative estimate of drug-likeness (QED) is 0.911. The van der Waals surface area contributed by atoms with Crippen molar-refractivity contribution in [2.75, 3.05) is 6.54 Å². The van der Waals surface area contributed by atoms with Gasteiger partial charge in [-0.05, 0) is 12.5 Å². The van der Waals surface area contributed by atoms with Gasteiger partial charge in [-0.1, -0.05) is 6.92 Å². The van der Waals surface area contributed by atoms with E-state index in [1.54, 1.807) is 4.68 Å². The fraction of sp³-hybridized carbons (Fsp3) is 0.533. The van der Waals surface area contributed by atoms with Crippen molar-refractivity contribution in [3.8, 4) is 0 Å². The van der Waals surface area contributed by atoms with Crippen LogP contribution in [0.2, 0.25) is 0 Å². The highest BCUT2D eigenvalue weighted by Crippen LogP contribution is 2.16. The maximum atomic E-state index is 12.2. The number of hydrogen-bond acceptors (Lipinski definition) is 4. The number of rotatable bonds is 4. The molecule has 0 fully saturated rings. The van der Waals surface area contributed by atoms with E-state index >= 15 is 0 Å². The lowest BCUT2D eigenvalue weighted by atomic mass is 10.1. The molecule has 112 valence electrons. The Morgan fingerprint density at radius 1 is 1.43 bits per heavy atom. The first-order valence-corrected chi connectivity index (χ1v) is 7.47. The van der Waals surface area contributed by atoms with Crippen LogP contribution < -0.4 is 5.56 Å². The topological polar surface area (TPSA) is 66.8 Å². The predicted octanol–water partition coefficient (Wildman–Crippen LogP) is 1.01. The average Bonchev–Trinajstić information content (AvgIpc) is 2.85. The van der Waals surface area contributed by atoms with Crippen molar-refractivity contribution in [1.29, 1.82) is 0 Å². The van der Waals surface area contributed by atoms with E-state index < -0.39 is 0 Å². The summed E-state index contributed by atoms with van der Waals surface area (Å²) in [6, 6.07) is 2.02. The van der Waals surface area contributed by atoms with Crippen LogP contribution >= 0.6 is 0 Å². The Balaban J connectivity index is 1.77. The minimum absolute atomic E-state index is 0.0224. The van der Waals surface area contributed by atoms with E-state index in [0.29, 0.717) is 6.54 Å². The summed E-state index contributed by atoms with van der Waals surface area (Å²) in [5.74, 6) is 0.819. The van der Waals surface area contributed by atoms with Crippen LogP contribution in [-0.2, 0) is 33.0 Å². The molecule has 0 saturated carbocycles. The Morgan fingerprint density at radius 2 is 2.29 bits per heavy atom. The van der Waals surface area contributed by atoms with Gasteiger partial charge >= 0.3 is 0 Å². The number of aromatic amines is 1. The maximum Gasteiger partial charge on any atom is 0.255 e. The fourth-order valence-electron chi connectivity index (χ4n) is 2.80. The molecule has 0 atom stereocenters. The Morgan fingerprint density at radius 3 is 3.00 bits per heavy atom. The molecule has 0 spiro atoms. The number of nitrogens with one attached hydrogen (secondary N) is 1. The van der Waals surface area contributed by atoms with Gasteiger partial charge < -0.3 is 4.98 Å². The van der Waals surface area contributed by atoms with Gasteiger partial charge in [-0.3, -0.25) is 14.4 Å². The van der Waals surface area contributed by atoms with Crippen LogP contribution in [0.5, 0.6) is 0 Å². The first kappa shape index (κ1) is 14.0. The predicted molar refractivity (Wildman–Crippen MR) is 79.9 cm³/mol. The van der Waals surface area contributed by atoms with Crippen molar-refractivity contribution < 1.29 is 0 Å². The largest absolute Gasteiger partial charge is 0.310 e. The van der Waals surface area contributed by atoms with E-state index in [1.165, 1.54) is 0 Å². The Kier molecular flexibility index (Phi) is 3.88. The monoisotopic (exact) mass is 287 g/mol. The third-order valence-electron chi connectivity index (χ3n) is 3.84. The van der Waals surface area contributed by atoms with E-state index in [-0.39, 0.29) is 5.56 Å². The van der Waals surface area contributed by atoms with Crippen LogP contribution in [0, 0.1) is 0 Å². The Hall–Kier alpha value is -1.95. The number of aryl methyl sites for hydroxylation is 2. The smallest absolute Gasteiger partial charge is 0.255 e. The van der Waals surface area contributed by atoms with Gasteiger partial charge in [0, 0.05) is 45.7 Å². The highest BCUT2D eigenvalue weighted by Gasteiger charge is 2.21. The lowest BCUT2D eigenvalue weighted by Crippen LogP contribution is -2.35. The van der Waals surface area contributed by atoms with Gasteiger partial charge in [0.25, 0.3) is 5.56 Å². The van der Waals surface area contributed by atoms with E-state index in [2.05, 4.69) is 26.9 Å². The molecule has 0 aliphatic carbocycles. The molecule has 2 aromatic heterocycles. The van der Waals surface area contributed by atoms with Crippen LogP contribution in [0.3, 0.4) is 0 Å². The molecule has 0 saturated heterocycles. The number of fused-ring (bicyclic) bond motifs is 1. The lowest BCUT2D eigenvalue weighted by molar-refractivity contribution is 0.238. The van der Waals surface area contributed by atoms with Gasteiger partial charge in [0.1, 0.15) is 5.82 Å². The molecule has 21 heavy (non-hydrogen) atoms. The van der Waals surface area contributed by atoms with Crippen molar-refractivity contribution >= 4 is 0 Å². The molecule has 3 heterocycles. The number of H-pyrrole nitrogens is 1. The maximum absolute atomic E-state index is 12.2. The van der Waals surface area contributed by atoms with Crippen LogP contribution in [0.25, 0.3) is 0 Å². The number of hydrogen-bond donors (Lipinski definition) is 1. The summed E-state index contributed by atoms with van der Waals surface area (Å²) in [4.78, 5) is 22.0. The van der Waals surface area contributed by atoms with Gasteiger partial charge in [-0.15, -0.1) is 0 Å². The van der Waals surface area contributed by atoms with Crippen LogP contribution in [0.4, 0.5) is 0 Å². The second-order valence-corrected chi connectivity index (χ2v) is 5.63. The molecule has 6 nitrogen and oxygen atoms in total. The molecule has 1 N–H and O–H groups in total. The van der Waals surface area contributed by atoms with Gasteiger partial charge in [-0.2, -0.15) is 5.10 Å². The molecule has 0 radical (unpaired) electrons. The number of nitrogens with zero attached hydrogens (tertiary/aromatic N) is 4.